The van der Waals surface area contributed by atoms with Crippen molar-refractivity contribution in [2.45, 2.75) is 64.1 Å². The predicted molar refractivity (Wildman–Crippen MR) is 88.3 cm³/mol. The molecule has 3 rings (SSSR count). The molecular weight excluding hydrogens is 292 g/mol. The van der Waals surface area contributed by atoms with Crippen LogP contribution in [0, 0.1) is 13.8 Å². The van der Waals surface area contributed by atoms with Crippen LogP contribution in [0.3, 0.4) is 0 Å². The van der Waals surface area contributed by atoms with Crippen molar-refractivity contribution in [1.82, 2.24) is 20.0 Å². The van der Waals surface area contributed by atoms with Crippen LogP contribution in [0.5, 0.6) is 0 Å². The smallest absolute Gasteiger partial charge is 0.318 e. The first-order valence-corrected chi connectivity index (χ1v) is 8.63. The van der Waals surface area contributed by atoms with Gasteiger partial charge in [0.1, 0.15) is 0 Å². The molecule has 128 valence electrons. The van der Waals surface area contributed by atoms with E-state index in [1.807, 2.05) is 23.6 Å². The fourth-order valence-electron chi connectivity index (χ4n) is 4.20. The molecular formula is C17H28N4O2. The zero-order valence-electron chi connectivity index (χ0n) is 14.6. The fourth-order valence-corrected chi connectivity index (χ4v) is 4.20. The first-order chi connectivity index (χ1) is 11.0. The topological polar surface area (TPSA) is 59.4 Å². The summed E-state index contributed by atoms with van der Waals surface area (Å²) in [5.74, 6) is 0. The zero-order chi connectivity index (χ0) is 16.6. The van der Waals surface area contributed by atoms with Gasteiger partial charge in [-0.1, -0.05) is 0 Å². The van der Waals surface area contributed by atoms with E-state index in [4.69, 9.17) is 4.74 Å². The standard InChI is InChI=1S/C17H28N4O2/c1-11-16(12(2)20(3)19-11)14-8-6-10-21(14)17(22)18-13-7-5-9-15(13)23-4/h13-15H,5-10H2,1-4H3,(H,18,22)/t13-,14-,15-/m1/s1. The number of aryl methyl sites for hydroxylation is 2. The Hall–Kier alpha value is -1.56. The van der Waals surface area contributed by atoms with Crippen molar-refractivity contribution in [2.75, 3.05) is 13.7 Å². The van der Waals surface area contributed by atoms with Crippen LogP contribution in [-0.2, 0) is 11.8 Å². The van der Waals surface area contributed by atoms with E-state index in [9.17, 15) is 4.79 Å². The lowest BCUT2D eigenvalue weighted by Crippen LogP contribution is -2.47. The van der Waals surface area contributed by atoms with E-state index < -0.39 is 0 Å². The third kappa shape index (κ3) is 2.96. The maximum absolute atomic E-state index is 12.8. The number of methoxy groups -OCH3 is 1. The number of amides is 2. The summed E-state index contributed by atoms with van der Waals surface area (Å²) in [4.78, 5) is 14.8. The summed E-state index contributed by atoms with van der Waals surface area (Å²) >= 11 is 0. The number of nitrogens with zero attached hydrogens (tertiary/aromatic N) is 3. The lowest BCUT2D eigenvalue weighted by molar-refractivity contribution is 0.0843. The van der Waals surface area contributed by atoms with E-state index in [1.54, 1.807) is 7.11 Å². The van der Waals surface area contributed by atoms with E-state index >= 15 is 0 Å². The van der Waals surface area contributed by atoms with Gasteiger partial charge in [0.15, 0.2) is 0 Å². The van der Waals surface area contributed by atoms with Crippen molar-refractivity contribution >= 4 is 6.03 Å². The highest BCUT2D eigenvalue weighted by molar-refractivity contribution is 5.75. The fraction of sp³-hybridized carbons (Fsp3) is 0.765. The van der Waals surface area contributed by atoms with Crippen molar-refractivity contribution in [1.29, 1.82) is 0 Å². The van der Waals surface area contributed by atoms with Crippen LogP contribution >= 0.6 is 0 Å². The molecule has 2 fully saturated rings. The second kappa shape index (κ2) is 6.51. The Morgan fingerprint density at radius 3 is 2.70 bits per heavy atom. The average molecular weight is 320 g/mol. The molecule has 2 amide bonds. The molecule has 2 heterocycles. The largest absolute Gasteiger partial charge is 0.379 e. The van der Waals surface area contributed by atoms with Gasteiger partial charge in [0.05, 0.1) is 23.9 Å². The van der Waals surface area contributed by atoms with E-state index in [-0.39, 0.29) is 24.2 Å². The molecule has 0 unspecified atom stereocenters. The van der Waals surface area contributed by atoms with E-state index in [2.05, 4.69) is 17.3 Å². The highest BCUT2D eigenvalue weighted by Crippen LogP contribution is 2.35. The zero-order valence-corrected chi connectivity index (χ0v) is 14.6. The Balaban J connectivity index is 1.75. The number of likely N-dealkylation sites (tertiary alicyclic amines) is 1. The van der Waals surface area contributed by atoms with Crippen molar-refractivity contribution in [2.24, 2.45) is 7.05 Å². The third-order valence-electron chi connectivity index (χ3n) is 5.48. The number of aromatic nitrogens is 2. The number of carbonyl (C=O) groups excluding carboxylic acids is 1. The van der Waals surface area contributed by atoms with Crippen LogP contribution in [0.2, 0.25) is 0 Å². The van der Waals surface area contributed by atoms with Crippen molar-refractivity contribution in [3.05, 3.63) is 17.0 Å². The van der Waals surface area contributed by atoms with E-state index in [1.165, 1.54) is 5.56 Å². The minimum absolute atomic E-state index is 0.0455. The Morgan fingerprint density at radius 2 is 2.04 bits per heavy atom. The van der Waals surface area contributed by atoms with Gasteiger partial charge < -0.3 is 15.0 Å². The Kier molecular flexibility index (Phi) is 4.62. The van der Waals surface area contributed by atoms with Gasteiger partial charge in [-0.3, -0.25) is 4.68 Å². The molecule has 1 aliphatic carbocycles. The molecule has 2 aliphatic rings. The van der Waals surface area contributed by atoms with Gasteiger partial charge in [-0.15, -0.1) is 0 Å². The predicted octanol–water partition coefficient (Wildman–Crippen LogP) is 2.45. The second-order valence-corrected chi connectivity index (χ2v) is 6.82. The molecule has 0 aromatic carbocycles. The molecule has 6 nitrogen and oxygen atoms in total. The summed E-state index contributed by atoms with van der Waals surface area (Å²) in [6.45, 7) is 4.94. The minimum atomic E-state index is 0.0455. The Morgan fingerprint density at radius 1 is 1.26 bits per heavy atom. The van der Waals surface area contributed by atoms with Gasteiger partial charge in [-0.2, -0.15) is 5.10 Å². The molecule has 0 spiro atoms. The highest BCUT2D eigenvalue weighted by Gasteiger charge is 2.36. The quantitative estimate of drug-likeness (QED) is 0.930. The van der Waals surface area contributed by atoms with Crippen LogP contribution in [-0.4, -0.2) is 46.5 Å². The monoisotopic (exact) mass is 320 g/mol. The Bertz CT molecular complexity index is 583. The van der Waals surface area contributed by atoms with Crippen LogP contribution in [0.1, 0.15) is 55.1 Å². The summed E-state index contributed by atoms with van der Waals surface area (Å²) in [7, 11) is 3.70. The molecule has 3 atom stereocenters. The summed E-state index contributed by atoms with van der Waals surface area (Å²) in [6.07, 6.45) is 5.37. The summed E-state index contributed by atoms with van der Waals surface area (Å²) < 4.78 is 7.41. The molecule has 1 aliphatic heterocycles. The maximum Gasteiger partial charge on any atom is 0.318 e. The first kappa shape index (κ1) is 16.3. The molecule has 0 radical (unpaired) electrons. The SMILES string of the molecule is CO[C@@H]1CCC[C@H]1NC(=O)N1CCC[C@@H]1c1c(C)nn(C)c1C. The lowest BCUT2D eigenvalue weighted by Gasteiger charge is -2.28. The molecule has 1 saturated heterocycles. The number of rotatable bonds is 3. The normalized spacial score (nSPS) is 27.7. The molecule has 0 bridgehead atoms. The molecule has 1 aromatic rings. The number of carbonyl (C=O) groups is 1. The van der Waals surface area contributed by atoms with Crippen molar-refractivity contribution < 1.29 is 9.53 Å². The maximum atomic E-state index is 12.8. The van der Waals surface area contributed by atoms with Crippen LogP contribution < -0.4 is 5.32 Å². The minimum Gasteiger partial charge on any atom is -0.379 e. The van der Waals surface area contributed by atoms with Crippen LogP contribution in [0.15, 0.2) is 0 Å². The molecule has 23 heavy (non-hydrogen) atoms. The van der Waals surface area contributed by atoms with Crippen molar-refractivity contribution in [3.8, 4) is 0 Å². The van der Waals surface area contributed by atoms with Gasteiger partial charge in [-0.05, 0) is 46.0 Å². The molecule has 1 saturated carbocycles. The van der Waals surface area contributed by atoms with Crippen LogP contribution in [0.4, 0.5) is 4.79 Å². The Labute approximate surface area is 138 Å². The van der Waals surface area contributed by atoms with Gasteiger partial charge in [0, 0.05) is 32.0 Å². The van der Waals surface area contributed by atoms with Crippen molar-refractivity contribution in [3.63, 3.8) is 0 Å². The third-order valence-corrected chi connectivity index (χ3v) is 5.48. The van der Waals surface area contributed by atoms with E-state index in [0.717, 1.165) is 50.0 Å². The number of ether oxygens (including phenoxy) is 1. The highest BCUT2D eigenvalue weighted by atomic mass is 16.5. The van der Waals surface area contributed by atoms with Gasteiger partial charge in [-0.25, -0.2) is 4.79 Å². The summed E-state index contributed by atoms with van der Waals surface area (Å²) in [5.41, 5.74) is 3.41. The lowest BCUT2D eigenvalue weighted by atomic mass is 10.0. The van der Waals surface area contributed by atoms with Gasteiger partial charge in [0.2, 0.25) is 0 Å². The average Bonchev–Trinajstić information content (AvgIpc) is 3.20. The number of nitrogens with one attached hydrogen (secondary N) is 1. The van der Waals surface area contributed by atoms with Crippen LogP contribution in [0.25, 0.3) is 0 Å². The van der Waals surface area contributed by atoms with Gasteiger partial charge in [0.25, 0.3) is 0 Å². The number of urea groups is 1. The van der Waals surface area contributed by atoms with E-state index in [0.29, 0.717) is 0 Å². The molecule has 1 N–H and O–H groups in total. The molecule has 1 aromatic heterocycles. The first-order valence-electron chi connectivity index (χ1n) is 8.63. The number of hydrogen-bond donors (Lipinski definition) is 1. The molecule has 6 heteroatoms. The number of hydrogen-bond acceptors (Lipinski definition) is 3. The summed E-state index contributed by atoms with van der Waals surface area (Å²) in [6, 6.07) is 0.333. The van der Waals surface area contributed by atoms with Gasteiger partial charge >= 0.3 is 6.03 Å². The second-order valence-electron chi connectivity index (χ2n) is 6.82. The summed E-state index contributed by atoms with van der Waals surface area (Å²) in [5, 5.41) is 7.72.